The molecule has 1 aromatic carbocycles. The molecule has 6 rings (SSSR count). The van der Waals surface area contributed by atoms with Gasteiger partial charge in [-0.3, -0.25) is 9.48 Å². The highest BCUT2D eigenvalue weighted by Gasteiger charge is 2.36. The first-order chi connectivity index (χ1) is 18.0. The van der Waals surface area contributed by atoms with Crippen LogP contribution in [0.25, 0.3) is 21.9 Å². The van der Waals surface area contributed by atoms with Gasteiger partial charge in [-0.2, -0.15) is 5.10 Å². The van der Waals surface area contributed by atoms with Crippen molar-refractivity contribution in [2.45, 2.75) is 37.4 Å². The molecule has 1 amide bonds. The van der Waals surface area contributed by atoms with E-state index in [-0.39, 0.29) is 18.0 Å². The number of hydrogen-bond acceptors (Lipinski definition) is 6. The average molecular weight is 516 g/mol. The number of anilines is 1. The maximum Gasteiger partial charge on any atom is 0.246 e. The second-order valence-corrected chi connectivity index (χ2v) is 9.94. The number of rotatable bonds is 5. The molecule has 2 fully saturated rings. The molecule has 1 unspecified atom stereocenters. The minimum Gasteiger partial charge on any atom is -0.383 e. The zero-order chi connectivity index (χ0) is 25.7. The second kappa shape index (κ2) is 9.21. The lowest BCUT2D eigenvalue weighted by atomic mass is 10.1. The van der Waals surface area contributed by atoms with Gasteiger partial charge in [0.15, 0.2) is 0 Å². The zero-order valence-corrected chi connectivity index (χ0v) is 21.1. The number of nitrogens with two attached hydrogens (primary N) is 1. The van der Waals surface area contributed by atoms with Gasteiger partial charge in [-0.05, 0) is 49.5 Å². The molecule has 1 saturated carbocycles. The Morgan fingerprint density at radius 3 is 2.86 bits per heavy atom. The van der Waals surface area contributed by atoms with Crippen molar-refractivity contribution >= 4 is 45.3 Å². The highest BCUT2D eigenvalue weighted by Crippen LogP contribution is 2.38. The van der Waals surface area contributed by atoms with Gasteiger partial charge in [0, 0.05) is 31.5 Å². The van der Waals surface area contributed by atoms with Gasteiger partial charge in [0.2, 0.25) is 5.91 Å². The average Bonchev–Trinajstić information content (AvgIpc) is 3.35. The molecule has 2 aliphatic rings. The summed E-state index contributed by atoms with van der Waals surface area (Å²) in [7, 11) is 1.63. The molecule has 188 valence electrons. The fourth-order valence-electron chi connectivity index (χ4n) is 5.20. The number of carbonyl (C=O) groups is 1. The van der Waals surface area contributed by atoms with Crippen molar-refractivity contribution in [3.63, 3.8) is 0 Å². The van der Waals surface area contributed by atoms with Crippen molar-refractivity contribution in [2.24, 2.45) is 0 Å². The largest absolute Gasteiger partial charge is 0.383 e. The number of nitrogens with zero attached hydrogens (tertiary/aromatic N) is 6. The molecular formula is C27H26ClN7O2. The molecule has 1 aliphatic heterocycles. The van der Waals surface area contributed by atoms with E-state index in [0.717, 1.165) is 16.6 Å². The van der Waals surface area contributed by atoms with E-state index in [2.05, 4.69) is 33.0 Å². The maximum absolute atomic E-state index is 12.5. The van der Waals surface area contributed by atoms with E-state index < -0.39 is 0 Å². The third-order valence-corrected chi connectivity index (χ3v) is 7.44. The van der Waals surface area contributed by atoms with Gasteiger partial charge in [-0.25, -0.2) is 9.97 Å². The normalized spacial score (nSPS) is 19.4. The van der Waals surface area contributed by atoms with Crippen LogP contribution in [0.15, 0.2) is 43.4 Å². The first kappa shape index (κ1) is 23.5. The molecule has 0 radical (unpaired) electrons. The minimum atomic E-state index is -0.128. The van der Waals surface area contributed by atoms with Gasteiger partial charge in [0.1, 0.15) is 11.5 Å². The lowest BCUT2D eigenvalue weighted by Gasteiger charge is -2.22. The van der Waals surface area contributed by atoms with E-state index in [4.69, 9.17) is 27.2 Å². The highest BCUT2D eigenvalue weighted by atomic mass is 35.5. The quantitative estimate of drug-likeness (QED) is 0.321. The first-order valence-electron chi connectivity index (χ1n) is 12.2. The first-order valence-corrected chi connectivity index (χ1v) is 12.6. The van der Waals surface area contributed by atoms with Gasteiger partial charge >= 0.3 is 0 Å². The SMILES string of the molecule is C=CC(=O)N1CC(n2nc(C#Cc3cc4ncn(C5CC5)c4cc3Cl)c3c(N)nccc32)C[C@@H]1COC. The third-order valence-electron chi connectivity index (χ3n) is 7.12. The van der Waals surface area contributed by atoms with E-state index >= 15 is 0 Å². The molecule has 4 heterocycles. The van der Waals surface area contributed by atoms with Crippen molar-refractivity contribution in [3.05, 3.63) is 59.7 Å². The van der Waals surface area contributed by atoms with E-state index in [9.17, 15) is 4.79 Å². The second-order valence-electron chi connectivity index (χ2n) is 9.53. The monoisotopic (exact) mass is 515 g/mol. The van der Waals surface area contributed by atoms with Crippen LogP contribution in [-0.2, 0) is 9.53 Å². The Kier molecular flexibility index (Phi) is 5.86. The standard InChI is InChI=1S/C27H26ClN7O2/c1-3-25(36)33-13-18(11-19(33)14-37-2)35-23-8-9-30-27(29)26(23)21(32-35)7-4-16-10-22-24(12-20(16)28)34(15-31-22)17-5-6-17/h3,8-10,12,15,17-19H,1,5-6,11,13-14H2,2H3,(H2,29,30)/t18?,19-/m1/s1. The maximum atomic E-state index is 12.5. The summed E-state index contributed by atoms with van der Waals surface area (Å²) >= 11 is 6.62. The van der Waals surface area contributed by atoms with Gasteiger partial charge in [-0.15, -0.1) is 0 Å². The van der Waals surface area contributed by atoms with E-state index in [0.29, 0.717) is 53.1 Å². The van der Waals surface area contributed by atoms with Gasteiger partial charge in [0.25, 0.3) is 0 Å². The van der Waals surface area contributed by atoms with Crippen LogP contribution in [0.4, 0.5) is 5.82 Å². The number of nitrogen functional groups attached to an aromatic ring is 1. The van der Waals surface area contributed by atoms with Gasteiger partial charge < -0.3 is 19.9 Å². The number of imidazole rings is 1. The Balaban J connectivity index is 1.39. The molecule has 2 atom stereocenters. The third kappa shape index (κ3) is 4.12. The van der Waals surface area contributed by atoms with Crippen LogP contribution in [0.1, 0.15) is 42.6 Å². The fraction of sp³-hybridized carbons (Fsp3) is 0.333. The number of aromatic nitrogens is 5. The van der Waals surface area contributed by atoms with Crippen molar-refractivity contribution in [2.75, 3.05) is 26.0 Å². The Hall–Kier alpha value is -3.87. The van der Waals surface area contributed by atoms with E-state index in [1.54, 1.807) is 18.2 Å². The number of halogens is 1. The smallest absolute Gasteiger partial charge is 0.246 e. The van der Waals surface area contributed by atoms with Crippen LogP contribution in [0.3, 0.4) is 0 Å². The van der Waals surface area contributed by atoms with Crippen LogP contribution in [0, 0.1) is 11.8 Å². The summed E-state index contributed by atoms with van der Waals surface area (Å²) in [6.07, 6.45) is 7.88. The van der Waals surface area contributed by atoms with Crippen molar-refractivity contribution in [1.82, 2.24) is 29.2 Å². The number of methoxy groups -OCH3 is 1. The molecule has 0 bridgehead atoms. The molecule has 37 heavy (non-hydrogen) atoms. The predicted octanol–water partition coefficient (Wildman–Crippen LogP) is 3.73. The Bertz CT molecular complexity index is 1610. The highest BCUT2D eigenvalue weighted by molar-refractivity contribution is 6.32. The summed E-state index contributed by atoms with van der Waals surface area (Å²) in [5, 5.41) is 6.09. The predicted molar refractivity (Wildman–Crippen MR) is 142 cm³/mol. The number of benzene rings is 1. The summed E-state index contributed by atoms with van der Waals surface area (Å²) in [5.74, 6) is 6.57. The van der Waals surface area contributed by atoms with Crippen LogP contribution in [-0.4, -0.2) is 61.4 Å². The number of hydrogen-bond donors (Lipinski definition) is 1. The van der Waals surface area contributed by atoms with E-state index in [1.165, 1.54) is 18.9 Å². The summed E-state index contributed by atoms with van der Waals surface area (Å²) in [6, 6.07) is 6.08. The van der Waals surface area contributed by atoms with Gasteiger partial charge in [-0.1, -0.05) is 24.1 Å². The molecular weight excluding hydrogens is 490 g/mol. The molecule has 1 aliphatic carbocycles. The number of fused-ring (bicyclic) bond motifs is 2. The minimum absolute atomic E-state index is 0.0739. The Labute approximate surface area is 218 Å². The lowest BCUT2D eigenvalue weighted by molar-refractivity contribution is -0.127. The molecule has 10 heteroatoms. The van der Waals surface area contributed by atoms with Crippen molar-refractivity contribution in [1.29, 1.82) is 0 Å². The number of carbonyl (C=O) groups excluding carboxylic acids is 1. The molecule has 3 aromatic heterocycles. The van der Waals surface area contributed by atoms with Gasteiger partial charge in [0.05, 0.1) is 52.0 Å². The fourth-order valence-corrected chi connectivity index (χ4v) is 5.40. The Morgan fingerprint density at radius 2 is 2.11 bits per heavy atom. The number of pyridine rings is 1. The number of likely N-dealkylation sites (tertiary alicyclic amines) is 1. The summed E-state index contributed by atoms with van der Waals surface area (Å²) in [4.78, 5) is 23.1. The molecule has 9 nitrogen and oxygen atoms in total. The lowest BCUT2D eigenvalue weighted by Crippen LogP contribution is -2.37. The Morgan fingerprint density at radius 1 is 1.27 bits per heavy atom. The summed E-state index contributed by atoms with van der Waals surface area (Å²) < 4.78 is 9.45. The van der Waals surface area contributed by atoms with Crippen LogP contribution < -0.4 is 5.73 Å². The molecule has 2 N–H and O–H groups in total. The number of amides is 1. The van der Waals surface area contributed by atoms with E-state index in [1.807, 2.05) is 29.2 Å². The van der Waals surface area contributed by atoms with Crippen LogP contribution in [0.5, 0.6) is 0 Å². The van der Waals surface area contributed by atoms with Crippen molar-refractivity contribution in [3.8, 4) is 11.8 Å². The van der Waals surface area contributed by atoms with Crippen molar-refractivity contribution < 1.29 is 9.53 Å². The topological polar surface area (TPSA) is 104 Å². The molecule has 0 spiro atoms. The number of ether oxygens (including phenoxy) is 1. The molecule has 4 aromatic rings. The van der Waals surface area contributed by atoms with Crippen LogP contribution >= 0.6 is 11.6 Å². The van der Waals surface area contributed by atoms with Crippen LogP contribution in [0.2, 0.25) is 5.02 Å². The molecule has 1 saturated heterocycles. The zero-order valence-electron chi connectivity index (χ0n) is 20.4. The summed E-state index contributed by atoms with van der Waals surface area (Å²) in [6.45, 7) is 4.56. The summed E-state index contributed by atoms with van der Waals surface area (Å²) in [5.41, 5.74) is 10.2.